The molecule has 25 heavy (non-hydrogen) atoms. The molecule has 1 aliphatic rings. The van der Waals surface area contributed by atoms with Crippen molar-refractivity contribution in [3.8, 4) is 0 Å². The normalized spacial score (nSPS) is 14.0. The third-order valence-electron chi connectivity index (χ3n) is 4.63. The van der Waals surface area contributed by atoms with Crippen molar-refractivity contribution >= 4 is 28.2 Å². The van der Waals surface area contributed by atoms with Crippen LogP contribution in [0.4, 0.5) is 5.00 Å². The fourth-order valence-corrected chi connectivity index (χ4v) is 4.45. The summed E-state index contributed by atoms with van der Waals surface area (Å²) in [5.41, 5.74) is 2.90. The Kier molecular flexibility index (Phi) is 4.69. The number of nitrogens with one attached hydrogen (secondary N) is 1. The highest BCUT2D eigenvalue weighted by molar-refractivity contribution is 7.17. The van der Waals surface area contributed by atoms with Crippen molar-refractivity contribution in [2.45, 2.75) is 51.9 Å². The fourth-order valence-electron chi connectivity index (χ4n) is 3.18. The molecule has 132 valence electrons. The van der Waals surface area contributed by atoms with Gasteiger partial charge in [0.05, 0.1) is 5.56 Å². The molecule has 1 aromatic carbocycles. The molecular weight excluding hydrogens is 334 g/mol. The first-order chi connectivity index (χ1) is 11.8. The van der Waals surface area contributed by atoms with Gasteiger partial charge in [-0.25, -0.2) is 4.79 Å². The Hall–Kier alpha value is -2.14. The number of carboxylic acids is 1. The van der Waals surface area contributed by atoms with Crippen molar-refractivity contribution in [2.75, 3.05) is 5.32 Å². The quantitative estimate of drug-likeness (QED) is 0.823. The Morgan fingerprint density at radius 2 is 1.72 bits per heavy atom. The monoisotopic (exact) mass is 357 g/mol. The lowest BCUT2D eigenvalue weighted by molar-refractivity contribution is 0.0697. The van der Waals surface area contributed by atoms with Crippen LogP contribution in [0.2, 0.25) is 0 Å². The van der Waals surface area contributed by atoms with Gasteiger partial charge < -0.3 is 10.4 Å². The van der Waals surface area contributed by atoms with Crippen LogP contribution in [0.15, 0.2) is 24.3 Å². The van der Waals surface area contributed by atoms with E-state index in [2.05, 4.69) is 26.1 Å². The summed E-state index contributed by atoms with van der Waals surface area (Å²) in [7, 11) is 0. The van der Waals surface area contributed by atoms with Gasteiger partial charge in [0.2, 0.25) is 0 Å². The maximum atomic E-state index is 12.6. The minimum Gasteiger partial charge on any atom is -0.478 e. The van der Waals surface area contributed by atoms with Crippen LogP contribution in [-0.4, -0.2) is 17.0 Å². The predicted octanol–water partition coefficient (Wildman–Crippen LogP) is 4.87. The van der Waals surface area contributed by atoms with Gasteiger partial charge in [0.15, 0.2) is 0 Å². The molecule has 0 saturated heterocycles. The molecular formula is C20H23NO3S. The predicted molar refractivity (Wildman–Crippen MR) is 101 cm³/mol. The highest BCUT2D eigenvalue weighted by Crippen LogP contribution is 2.38. The number of hydrogen-bond donors (Lipinski definition) is 2. The van der Waals surface area contributed by atoms with Gasteiger partial charge in [-0.3, -0.25) is 4.79 Å². The van der Waals surface area contributed by atoms with E-state index in [-0.39, 0.29) is 16.9 Å². The highest BCUT2D eigenvalue weighted by Gasteiger charge is 2.26. The number of carbonyl (C=O) groups is 2. The smallest absolute Gasteiger partial charge is 0.339 e. The van der Waals surface area contributed by atoms with E-state index in [0.717, 1.165) is 41.7 Å². The summed E-state index contributed by atoms with van der Waals surface area (Å²) in [6.45, 7) is 6.37. The van der Waals surface area contributed by atoms with Gasteiger partial charge in [-0.2, -0.15) is 0 Å². The number of aryl methyl sites for hydroxylation is 1. The van der Waals surface area contributed by atoms with Crippen molar-refractivity contribution < 1.29 is 14.7 Å². The summed E-state index contributed by atoms with van der Waals surface area (Å²) in [6.07, 6.45) is 3.76. The third-order valence-corrected chi connectivity index (χ3v) is 5.83. The largest absolute Gasteiger partial charge is 0.478 e. The lowest BCUT2D eigenvalue weighted by atomic mass is 9.87. The van der Waals surface area contributed by atoms with Crippen LogP contribution < -0.4 is 5.32 Å². The van der Waals surface area contributed by atoms with Gasteiger partial charge in [-0.15, -0.1) is 11.3 Å². The van der Waals surface area contributed by atoms with E-state index in [0.29, 0.717) is 10.6 Å². The Labute approximate surface area is 151 Å². The first kappa shape index (κ1) is 17.7. The minimum absolute atomic E-state index is 0.0261. The average molecular weight is 357 g/mol. The van der Waals surface area contributed by atoms with E-state index < -0.39 is 5.97 Å². The van der Waals surface area contributed by atoms with Crippen LogP contribution in [0.25, 0.3) is 0 Å². The van der Waals surface area contributed by atoms with Crippen LogP contribution in [0.5, 0.6) is 0 Å². The number of carboxylic acid groups (broad SMARTS) is 1. The summed E-state index contributed by atoms with van der Waals surface area (Å²) in [5, 5.41) is 12.9. The summed E-state index contributed by atoms with van der Waals surface area (Å²) >= 11 is 1.41. The minimum atomic E-state index is -0.960. The molecule has 1 amide bonds. The van der Waals surface area contributed by atoms with Crippen LogP contribution in [0, 0.1) is 0 Å². The van der Waals surface area contributed by atoms with Crippen molar-refractivity contribution in [3.63, 3.8) is 0 Å². The molecule has 0 saturated carbocycles. The highest BCUT2D eigenvalue weighted by atomic mass is 32.1. The molecule has 0 unspecified atom stereocenters. The first-order valence-corrected chi connectivity index (χ1v) is 9.39. The second-order valence-electron chi connectivity index (χ2n) is 7.50. The summed E-state index contributed by atoms with van der Waals surface area (Å²) in [5.74, 6) is -1.22. The van der Waals surface area contributed by atoms with Crippen molar-refractivity contribution in [2.24, 2.45) is 0 Å². The fraction of sp³-hybridized carbons (Fsp3) is 0.400. The number of thiophene rings is 1. The second-order valence-corrected chi connectivity index (χ2v) is 8.61. The van der Waals surface area contributed by atoms with Crippen LogP contribution in [0.1, 0.15) is 70.3 Å². The van der Waals surface area contributed by atoms with Crippen molar-refractivity contribution in [3.05, 3.63) is 51.4 Å². The number of anilines is 1. The zero-order valence-corrected chi connectivity index (χ0v) is 15.6. The average Bonchev–Trinajstić information content (AvgIpc) is 2.92. The molecule has 1 heterocycles. The Bertz CT molecular complexity index is 813. The Morgan fingerprint density at radius 3 is 2.32 bits per heavy atom. The molecule has 0 radical (unpaired) electrons. The second kappa shape index (κ2) is 6.64. The van der Waals surface area contributed by atoms with Crippen molar-refractivity contribution in [1.29, 1.82) is 0 Å². The van der Waals surface area contributed by atoms with Crippen LogP contribution in [-0.2, 0) is 18.3 Å². The molecule has 0 spiro atoms. The third kappa shape index (κ3) is 3.61. The zero-order chi connectivity index (χ0) is 18.2. The Morgan fingerprint density at radius 1 is 1.08 bits per heavy atom. The van der Waals surface area contributed by atoms with Gasteiger partial charge in [-0.05, 0) is 54.4 Å². The van der Waals surface area contributed by atoms with E-state index in [1.807, 2.05) is 12.1 Å². The SMILES string of the molecule is CC(C)(C)c1ccc(C(=O)Nc2sc3c(c2C(=O)O)CCCC3)cc1. The Balaban J connectivity index is 1.86. The topological polar surface area (TPSA) is 66.4 Å². The lowest BCUT2D eigenvalue weighted by Crippen LogP contribution is -2.15. The van der Waals surface area contributed by atoms with Crippen molar-refractivity contribution in [1.82, 2.24) is 0 Å². The molecule has 3 rings (SSSR count). The first-order valence-electron chi connectivity index (χ1n) is 8.57. The number of rotatable bonds is 3. The van der Waals surface area contributed by atoms with Gasteiger partial charge in [0.1, 0.15) is 5.00 Å². The van der Waals surface area contributed by atoms with Crippen LogP contribution in [0.3, 0.4) is 0 Å². The summed E-state index contributed by atoms with van der Waals surface area (Å²) in [6, 6.07) is 7.49. The number of aromatic carboxylic acids is 1. The maximum Gasteiger partial charge on any atom is 0.339 e. The number of hydrogen-bond acceptors (Lipinski definition) is 3. The number of amides is 1. The van der Waals surface area contributed by atoms with Gasteiger partial charge >= 0.3 is 5.97 Å². The lowest BCUT2D eigenvalue weighted by Gasteiger charge is -2.19. The van der Waals surface area contributed by atoms with E-state index in [4.69, 9.17) is 0 Å². The van der Waals surface area contributed by atoms with E-state index in [9.17, 15) is 14.7 Å². The molecule has 2 N–H and O–H groups in total. The molecule has 5 heteroatoms. The maximum absolute atomic E-state index is 12.6. The molecule has 1 aromatic heterocycles. The van der Waals surface area contributed by atoms with Gasteiger partial charge in [-0.1, -0.05) is 32.9 Å². The number of carbonyl (C=O) groups excluding carboxylic acids is 1. The molecule has 0 atom stereocenters. The molecule has 0 aliphatic heterocycles. The van der Waals surface area contributed by atoms with E-state index >= 15 is 0 Å². The number of fused-ring (bicyclic) bond motifs is 1. The standard InChI is InChI=1S/C20H23NO3S/c1-20(2,3)13-10-8-12(9-11-13)17(22)21-18-16(19(23)24)14-6-4-5-7-15(14)25-18/h8-11H,4-7H2,1-3H3,(H,21,22)(H,23,24). The summed E-state index contributed by atoms with van der Waals surface area (Å²) in [4.78, 5) is 25.3. The van der Waals surface area contributed by atoms with Gasteiger partial charge in [0.25, 0.3) is 5.91 Å². The van der Waals surface area contributed by atoms with E-state index in [1.165, 1.54) is 11.3 Å². The molecule has 1 aliphatic carbocycles. The molecule has 4 nitrogen and oxygen atoms in total. The van der Waals surface area contributed by atoms with Gasteiger partial charge in [0, 0.05) is 10.4 Å². The zero-order valence-electron chi connectivity index (χ0n) is 14.8. The van der Waals surface area contributed by atoms with E-state index in [1.54, 1.807) is 12.1 Å². The molecule has 2 aromatic rings. The summed E-state index contributed by atoms with van der Waals surface area (Å²) < 4.78 is 0. The molecule has 0 fully saturated rings. The number of benzene rings is 1. The van der Waals surface area contributed by atoms with Crippen LogP contribution >= 0.6 is 11.3 Å². The molecule has 0 bridgehead atoms.